The Morgan fingerprint density at radius 1 is 1.45 bits per heavy atom. The average molecular weight is 153 g/mol. The van der Waals surface area contributed by atoms with Gasteiger partial charge in [0.2, 0.25) is 0 Å². The van der Waals surface area contributed by atoms with Crippen LogP contribution in [-0.4, -0.2) is 5.16 Å². The van der Waals surface area contributed by atoms with Gasteiger partial charge in [0.15, 0.2) is 0 Å². The first kappa shape index (κ1) is 8.31. The summed E-state index contributed by atoms with van der Waals surface area (Å²) in [5, 5.41) is 3.65. The fourth-order valence-corrected chi connectivity index (χ4v) is 0.869. The molecule has 0 aliphatic carbocycles. The normalized spacial score (nSPS) is 11.9. The summed E-state index contributed by atoms with van der Waals surface area (Å²) in [6.07, 6.45) is 3.82. The Bertz CT molecular complexity index is 196. The molecule has 1 aromatic rings. The van der Waals surface area contributed by atoms with E-state index in [0.717, 1.165) is 18.6 Å². The van der Waals surface area contributed by atoms with Crippen molar-refractivity contribution in [2.45, 2.75) is 33.6 Å². The Hall–Kier alpha value is -0.790. The summed E-state index contributed by atoms with van der Waals surface area (Å²) >= 11 is 0. The van der Waals surface area contributed by atoms with E-state index < -0.39 is 0 Å². The summed E-state index contributed by atoms with van der Waals surface area (Å²) in [6, 6.07) is 1.92. The molecule has 11 heavy (non-hydrogen) atoms. The summed E-state index contributed by atoms with van der Waals surface area (Å²) in [7, 11) is 0. The van der Waals surface area contributed by atoms with E-state index in [1.54, 1.807) is 6.20 Å². The quantitative estimate of drug-likeness (QED) is 0.652. The third-order valence-corrected chi connectivity index (χ3v) is 1.61. The van der Waals surface area contributed by atoms with Gasteiger partial charge in [-0.2, -0.15) is 0 Å². The van der Waals surface area contributed by atoms with E-state index in [4.69, 9.17) is 4.52 Å². The smallest absolute Gasteiger partial charge is 0.136 e. The number of rotatable bonds is 2. The molecule has 0 aliphatic rings. The second-order valence-corrected chi connectivity index (χ2v) is 4.04. The molecule has 0 saturated carbocycles. The van der Waals surface area contributed by atoms with Crippen LogP contribution < -0.4 is 0 Å². The molecule has 62 valence electrons. The maximum atomic E-state index is 4.98. The van der Waals surface area contributed by atoms with Gasteiger partial charge < -0.3 is 4.52 Å². The lowest BCUT2D eigenvalue weighted by atomic mass is 9.90. The van der Waals surface area contributed by atoms with Gasteiger partial charge in [-0.05, 0) is 11.8 Å². The molecule has 2 nitrogen and oxygen atoms in total. The molecule has 1 heterocycles. The Morgan fingerprint density at radius 2 is 2.18 bits per heavy atom. The van der Waals surface area contributed by atoms with Gasteiger partial charge in [-0.1, -0.05) is 25.9 Å². The summed E-state index contributed by atoms with van der Waals surface area (Å²) in [5.74, 6) is 0.986. The van der Waals surface area contributed by atoms with Crippen LogP contribution in [-0.2, 0) is 6.42 Å². The molecule has 0 amide bonds. The van der Waals surface area contributed by atoms with Gasteiger partial charge in [0.05, 0.1) is 6.20 Å². The highest BCUT2D eigenvalue weighted by molar-refractivity contribution is 4.93. The van der Waals surface area contributed by atoms with Crippen molar-refractivity contribution in [1.29, 1.82) is 0 Å². The zero-order chi connectivity index (χ0) is 8.32. The van der Waals surface area contributed by atoms with E-state index in [2.05, 4.69) is 25.9 Å². The Kier molecular flexibility index (Phi) is 2.32. The van der Waals surface area contributed by atoms with Crippen molar-refractivity contribution in [3.63, 3.8) is 0 Å². The predicted octanol–water partition coefficient (Wildman–Crippen LogP) is 2.65. The third kappa shape index (κ3) is 3.21. The molecule has 0 bridgehead atoms. The van der Waals surface area contributed by atoms with Gasteiger partial charge in [-0.15, -0.1) is 0 Å². The summed E-state index contributed by atoms with van der Waals surface area (Å²) in [4.78, 5) is 0. The van der Waals surface area contributed by atoms with Crippen molar-refractivity contribution in [3.05, 3.63) is 18.0 Å². The van der Waals surface area contributed by atoms with E-state index in [-0.39, 0.29) is 0 Å². The minimum absolute atomic E-state index is 0.382. The molecular weight excluding hydrogens is 138 g/mol. The highest BCUT2D eigenvalue weighted by Crippen LogP contribution is 2.20. The van der Waals surface area contributed by atoms with Gasteiger partial charge in [-0.3, -0.25) is 0 Å². The van der Waals surface area contributed by atoms with Crippen LogP contribution in [0.25, 0.3) is 0 Å². The Morgan fingerprint density at radius 3 is 2.64 bits per heavy atom. The van der Waals surface area contributed by atoms with Gasteiger partial charge in [-0.25, -0.2) is 0 Å². The first-order valence-electron chi connectivity index (χ1n) is 3.97. The molecule has 0 fully saturated rings. The molecule has 1 aromatic heterocycles. The predicted molar refractivity (Wildman–Crippen MR) is 44.3 cm³/mol. The van der Waals surface area contributed by atoms with Gasteiger partial charge in [0, 0.05) is 12.5 Å². The lowest BCUT2D eigenvalue weighted by molar-refractivity contribution is 0.332. The monoisotopic (exact) mass is 153 g/mol. The topological polar surface area (TPSA) is 26.0 Å². The molecule has 2 heteroatoms. The minimum atomic E-state index is 0.382. The van der Waals surface area contributed by atoms with Crippen LogP contribution in [0.3, 0.4) is 0 Å². The number of hydrogen-bond acceptors (Lipinski definition) is 2. The molecule has 0 radical (unpaired) electrons. The van der Waals surface area contributed by atoms with E-state index in [9.17, 15) is 0 Å². The van der Waals surface area contributed by atoms with Crippen molar-refractivity contribution in [2.24, 2.45) is 5.41 Å². The highest BCUT2D eigenvalue weighted by atomic mass is 16.5. The molecule has 0 unspecified atom stereocenters. The number of aryl methyl sites for hydroxylation is 1. The zero-order valence-corrected chi connectivity index (χ0v) is 7.42. The standard InChI is InChI=1S/C9H15NO/c1-9(2,3)6-4-8-5-7-10-11-8/h5,7H,4,6H2,1-3H3. The fraction of sp³-hybridized carbons (Fsp3) is 0.667. The molecule has 1 rings (SSSR count). The van der Waals surface area contributed by atoms with E-state index in [1.807, 2.05) is 6.07 Å². The molecule has 0 aromatic carbocycles. The Labute approximate surface area is 67.6 Å². The first-order valence-corrected chi connectivity index (χ1v) is 3.97. The minimum Gasteiger partial charge on any atom is -0.361 e. The number of aromatic nitrogens is 1. The molecule has 0 saturated heterocycles. The lowest BCUT2D eigenvalue weighted by Crippen LogP contribution is -2.05. The van der Waals surface area contributed by atoms with Crippen LogP contribution in [0.4, 0.5) is 0 Å². The molecular formula is C9H15NO. The second-order valence-electron chi connectivity index (χ2n) is 4.04. The first-order chi connectivity index (χ1) is 5.08. The third-order valence-electron chi connectivity index (χ3n) is 1.61. The average Bonchev–Trinajstić information content (AvgIpc) is 2.32. The van der Waals surface area contributed by atoms with Crippen LogP contribution in [0, 0.1) is 5.41 Å². The van der Waals surface area contributed by atoms with E-state index >= 15 is 0 Å². The highest BCUT2D eigenvalue weighted by Gasteiger charge is 2.10. The number of nitrogens with zero attached hydrogens (tertiary/aromatic N) is 1. The van der Waals surface area contributed by atoms with E-state index in [1.165, 1.54) is 0 Å². The van der Waals surface area contributed by atoms with Crippen LogP contribution in [0.15, 0.2) is 16.8 Å². The van der Waals surface area contributed by atoms with Crippen molar-refractivity contribution < 1.29 is 4.52 Å². The summed E-state index contributed by atoms with van der Waals surface area (Å²) in [6.45, 7) is 6.68. The Balaban J connectivity index is 2.35. The number of hydrogen-bond donors (Lipinski definition) is 0. The van der Waals surface area contributed by atoms with Gasteiger partial charge in [0.25, 0.3) is 0 Å². The van der Waals surface area contributed by atoms with Crippen molar-refractivity contribution in [3.8, 4) is 0 Å². The van der Waals surface area contributed by atoms with Crippen molar-refractivity contribution in [2.75, 3.05) is 0 Å². The largest absolute Gasteiger partial charge is 0.361 e. The molecule has 0 N–H and O–H groups in total. The summed E-state index contributed by atoms with van der Waals surface area (Å²) in [5.41, 5.74) is 0.382. The zero-order valence-electron chi connectivity index (χ0n) is 7.42. The molecule has 0 atom stereocenters. The van der Waals surface area contributed by atoms with Crippen LogP contribution in [0.1, 0.15) is 33.0 Å². The maximum absolute atomic E-state index is 4.98. The summed E-state index contributed by atoms with van der Waals surface area (Å²) < 4.78 is 4.98. The van der Waals surface area contributed by atoms with Crippen LogP contribution >= 0.6 is 0 Å². The SMILES string of the molecule is CC(C)(C)CCc1ccno1. The van der Waals surface area contributed by atoms with Gasteiger partial charge in [0.1, 0.15) is 5.76 Å². The molecule has 0 spiro atoms. The van der Waals surface area contributed by atoms with Gasteiger partial charge >= 0.3 is 0 Å². The lowest BCUT2D eigenvalue weighted by Gasteiger charge is -2.16. The van der Waals surface area contributed by atoms with E-state index in [0.29, 0.717) is 5.41 Å². The van der Waals surface area contributed by atoms with Crippen molar-refractivity contribution >= 4 is 0 Å². The molecule has 0 aliphatic heterocycles. The second kappa shape index (κ2) is 3.07. The maximum Gasteiger partial charge on any atom is 0.136 e. The van der Waals surface area contributed by atoms with Crippen LogP contribution in [0.5, 0.6) is 0 Å². The van der Waals surface area contributed by atoms with Crippen LogP contribution in [0.2, 0.25) is 0 Å². The van der Waals surface area contributed by atoms with Crippen molar-refractivity contribution in [1.82, 2.24) is 5.16 Å². The fourth-order valence-electron chi connectivity index (χ4n) is 0.869.